The number of alkyl halides is 3. The third-order valence-corrected chi connectivity index (χ3v) is 7.88. The van der Waals surface area contributed by atoms with Gasteiger partial charge in [0.2, 0.25) is 5.91 Å². The number of aromatic nitrogens is 1. The van der Waals surface area contributed by atoms with Crippen LogP contribution < -0.4 is 11.1 Å². The Kier molecular flexibility index (Phi) is 8.01. The Morgan fingerprint density at radius 1 is 0.907 bits per heavy atom. The lowest BCUT2D eigenvalue weighted by Gasteiger charge is -2.12. The Bertz CT molecular complexity index is 1860. The Morgan fingerprint density at radius 2 is 1.60 bits per heavy atom. The Hall–Kier alpha value is -5.03. The van der Waals surface area contributed by atoms with E-state index in [0.29, 0.717) is 48.5 Å². The quantitative estimate of drug-likeness (QED) is 0.182. The van der Waals surface area contributed by atoms with E-state index in [1.807, 2.05) is 10.6 Å². The highest BCUT2D eigenvalue weighted by molar-refractivity contribution is 7.99. The molecule has 4 aromatic carbocycles. The van der Waals surface area contributed by atoms with E-state index in [9.17, 15) is 27.6 Å². The van der Waals surface area contributed by atoms with Crippen LogP contribution >= 0.6 is 11.8 Å². The number of fused-ring (bicyclic) bond motifs is 1. The number of primary amides is 1. The molecule has 0 aliphatic carbocycles. The average Bonchev–Trinajstić information content (AvgIpc) is 3.30. The topological polar surface area (TPSA) is 114 Å². The number of carboxylic acid groups (broad SMARTS) is 1. The van der Waals surface area contributed by atoms with Crippen LogP contribution in [0.1, 0.15) is 42.2 Å². The van der Waals surface area contributed by atoms with E-state index in [1.165, 1.54) is 36.0 Å². The van der Waals surface area contributed by atoms with Crippen LogP contribution in [0.15, 0.2) is 101 Å². The van der Waals surface area contributed by atoms with Crippen LogP contribution in [0.2, 0.25) is 0 Å². The summed E-state index contributed by atoms with van der Waals surface area (Å²) in [4.78, 5) is 37.9. The monoisotopic (exact) mass is 603 g/mol. The fraction of sp³-hybridized carbons (Fsp3) is 0.0938. The van der Waals surface area contributed by atoms with Gasteiger partial charge in [-0.05, 0) is 77.4 Å². The van der Waals surface area contributed by atoms with Crippen LogP contribution in [-0.2, 0) is 19.8 Å². The van der Waals surface area contributed by atoms with Gasteiger partial charge in [0.1, 0.15) is 0 Å². The van der Waals surface area contributed by atoms with Gasteiger partial charge in [0.05, 0.1) is 22.2 Å². The van der Waals surface area contributed by atoms with Crippen LogP contribution in [0.4, 0.5) is 13.2 Å². The number of aryl methyl sites for hydroxylation is 1. The molecule has 0 spiro atoms. The number of carbonyl (C=O) groups excluding carboxylic acids is 2. The molecule has 218 valence electrons. The summed E-state index contributed by atoms with van der Waals surface area (Å²) in [6, 6.07) is 21.2. The van der Waals surface area contributed by atoms with Crippen molar-refractivity contribution >= 4 is 40.4 Å². The Morgan fingerprint density at radius 3 is 2.23 bits per heavy atom. The highest BCUT2D eigenvalue weighted by Gasteiger charge is 2.30. The van der Waals surface area contributed by atoms with Crippen LogP contribution in [0.5, 0.6) is 0 Å². The second-order valence-electron chi connectivity index (χ2n) is 9.78. The molecule has 4 N–H and O–H groups in total. The maximum Gasteiger partial charge on any atom is 0.416 e. The molecule has 0 unspecified atom stereocenters. The van der Waals surface area contributed by atoms with Crippen molar-refractivity contribution in [3.8, 4) is 11.1 Å². The Balaban J connectivity index is 1.56. The van der Waals surface area contributed by atoms with Gasteiger partial charge in [0, 0.05) is 40.5 Å². The molecule has 0 saturated carbocycles. The minimum absolute atomic E-state index is 0.121. The standard InChI is InChI=1S/C32H24F3N3O4S/c1-38-17-27(43-24-11-9-23(10-12-24)32(33,34)35)28-25(30(40)37-16-18-5-7-19(8-6-18)31(41)42)14-22(15-26(28)38)20-3-2-4-21(13-20)29(36)39/h2-15,17H,16H2,1H3,(H2,36,39)(H,37,40)(H,41,42). The zero-order valence-corrected chi connectivity index (χ0v) is 23.4. The summed E-state index contributed by atoms with van der Waals surface area (Å²) in [5, 5.41) is 12.6. The lowest BCUT2D eigenvalue weighted by molar-refractivity contribution is -0.137. The average molecular weight is 604 g/mol. The zero-order valence-electron chi connectivity index (χ0n) is 22.6. The molecule has 5 aromatic rings. The number of halogens is 3. The van der Waals surface area contributed by atoms with Crippen molar-refractivity contribution in [3.05, 3.63) is 119 Å². The van der Waals surface area contributed by atoms with Crippen LogP contribution in [0.25, 0.3) is 22.0 Å². The molecule has 1 heterocycles. The number of nitrogens with one attached hydrogen (secondary N) is 1. The SMILES string of the molecule is Cn1cc(Sc2ccc(C(F)(F)F)cc2)c2c(C(=O)NCc3ccc(C(=O)O)cc3)cc(-c3cccc(C(N)=O)c3)cc21. The molecule has 1 aromatic heterocycles. The van der Waals surface area contributed by atoms with Gasteiger partial charge in [-0.25, -0.2) is 4.79 Å². The zero-order chi connectivity index (χ0) is 30.9. The summed E-state index contributed by atoms with van der Waals surface area (Å²) >= 11 is 1.23. The number of rotatable bonds is 8. The number of carboxylic acids is 1. The maximum atomic E-state index is 13.7. The van der Waals surface area contributed by atoms with E-state index < -0.39 is 29.5 Å². The highest BCUT2D eigenvalue weighted by Crippen LogP contribution is 2.40. The first-order chi connectivity index (χ1) is 20.4. The Labute approximate surface area is 248 Å². The number of benzene rings is 4. The summed E-state index contributed by atoms with van der Waals surface area (Å²) in [6.45, 7) is 0.121. The molecule has 0 atom stereocenters. The number of amides is 2. The van der Waals surface area contributed by atoms with Gasteiger partial charge >= 0.3 is 12.1 Å². The number of hydrogen-bond acceptors (Lipinski definition) is 4. The van der Waals surface area contributed by atoms with E-state index >= 15 is 0 Å². The van der Waals surface area contributed by atoms with Crippen molar-refractivity contribution in [1.82, 2.24) is 9.88 Å². The molecule has 0 fully saturated rings. The van der Waals surface area contributed by atoms with E-state index in [0.717, 1.165) is 12.1 Å². The van der Waals surface area contributed by atoms with Crippen molar-refractivity contribution < 1.29 is 32.7 Å². The molecule has 0 radical (unpaired) electrons. The molecular weight excluding hydrogens is 579 g/mol. The lowest BCUT2D eigenvalue weighted by Crippen LogP contribution is -2.23. The van der Waals surface area contributed by atoms with Gasteiger partial charge in [-0.1, -0.05) is 36.0 Å². The number of nitrogens with two attached hydrogens (primary N) is 1. The van der Waals surface area contributed by atoms with Crippen molar-refractivity contribution in [1.29, 1.82) is 0 Å². The molecule has 11 heteroatoms. The molecule has 0 aliphatic heterocycles. The minimum atomic E-state index is -4.45. The van der Waals surface area contributed by atoms with Gasteiger partial charge in [0.25, 0.3) is 5.91 Å². The second kappa shape index (κ2) is 11.7. The summed E-state index contributed by atoms with van der Waals surface area (Å²) in [5.74, 6) is -2.07. The van der Waals surface area contributed by atoms with E-state index in [4.69, 9.17) is 10.8 Å². The van der Waals surface area contributed by atoms with Crippen LogP contribution in [0, 0.1) is 0 Å². The molecule has 5 rings (SSSR count). The molecule has 0 bridgehead atoms. The van der Waals surface area contributed by atoms with E-state index in [1.54, 1.807) is 55.7 Å². The summed E-state index contributed by atoms with van der Waals surface area (Å²) in [6.07, 6.45) is -2.65. The molecular formula is C32H24F3N3O4S. The first-order valence-corrected chi connectivity index (χ1v) is 13.7. The highest BCUT2D eigenvalue weighted by atomic mass is 32.2. The molecule has 0 saturated heterocycles. The van der Waals surface area contributed by atoms with Crippen LogP contribution in [-0.4, -0.2) is 27.5 Å². The van der Waals surface area contributed by atoms with Gasteiger partial charge in [0.15, 0.2) is 0 Å². The van der Waals surface area contributed by atoms with Gasteiger partial charge in [-0.3, -0.25) is 9.59 Å². The summed E-state index contributed by atoms with van der Waals surface area (Å²) in [5.41, 5.74) is 8.15. The minimum Gasteiger partial charge on any atom is -0.478 e. The normalized spacial score (nSPS) is 11.4. The molecule has 2 amide bonds. The second-order valence-corrected chi connectivity index (χ2v) is 10.9. The predicted molar refractivity (Wildman–Crippen MR) is 157 cm³/mol. The van der Waals surface area contributed by atoms with Crippen molar-refractivity contribution in [2.24, 2.45) is 12.8 Å². The molecule has 0 aliphatic rings. The largest absolute Gasteiger partial charge is 0.478 e. The predicted octanol–water partition coefficient (Wildman–Crippen LogP) is 6.74. The van der Waals surface area contributed by atoms with Crippen molar-refractivity contribution in [3.63, 3.8) is 0 Å². The first-order valence-electron chi connectivity index (χ1n) is 12.9. The number of hydrogen-bond donors (Lipinski definition) is 3. The molecule has 7 nitrogen and oxygen atoms in total. The third kappa shape index (κ3) is 6.41. The first kappa shape index (κ1) is 29.5. The van der Waals surface area contributed by atoms with E-state index in [-0.39, 0.29) is 12.1 Å². The van der Waals surface area contributed by atoms with Crippen molar-refractivity contribution in [2.45, 2.75) is 22.5 Å². The van der Waals surface area contributed by atoms with E-state index in [2.05, 4.69) is 5.32 Å². The maximum absolute atomic E-state index is 13.7. The lowest BCUT2D eigenvalue weighted by atomic mass is 9.98. The molecule has 43 heavy (non-hydrogen) atoms. The smallest absolute Gasteiger partial charge is 0.416 e. The van der Waals surface area contributed by atoms with Gasteiger partial charge in [-0.2, -0.15) is 13.2 Å². The fourth-order valence-electron chi connectivity index (χ4n) is 4.63. The van der Waals surface area contributed by atoms with Gasteiger partial charge in [-0.15, -0.1) is 0 Å². The fourth-order valence-corrected chi connectivity index (χ4v) is 5.68. The number of aromatic carboxylic acids is 1. The van der Waals surface area contributed by atoms with Crippen molar-refractivity contribution in [2.75, 3.05) is 0 Å². The number of nitrogens with zero attached hydrogens (tertiary/aromatic N) is 1. The third-order valence-electron chi connectivity index (χ3n) is 6.84. The summed E-state index contributed by atoms with van der Waals surface area (Å²) < 4.78 is 41.1. The number of carbonyl (C=O) groups is 3. The van der Waals surface area contributed by atoms with Gasteiger partial charge < -0.3 is 20.7 Å². The van der Waals surface area contributed by atoms with Crippen LogP contribution in [0.3, 0.4) is 0 Å². The summed E-state index contributed by atoms with van der Waals surface area (Å²) in [7, 11) is 1.80.